The molecule has 3 aromatic rings. The largest absolute Gasteiger partial charge is 0.497 e. The van der Waals surface area contributed by atoms with Gasteiger partial charge in [-0.2, -0.15) is 5.10 Å². The van der Waals surface area contributed by atoms with Crippen LogP contribution in [0.5, 0.6) is 5.75 Å². The molecule has 0 radical (unpaired) electrons. The number of ether oxygens (including phenoxy) is 1. The van der Waals surface area contributed by atoms with E-state index in [2.05, 4.69) is 34.5 Å². The maximum atomic E-state index is 13.3. The molecule has 166 valence electrons. The molecule has 6 nitrogen and oxygen atoms in total. The van der Waals surface area contributed by atoms with Crippen molar-refractivity contribution >= 4 is 5.91 Å². The van der Waals surface area contributed by atoms with Gasteiger partial charge in [0.15, 0.2) is 5.69 Å². The summed E-state index contributed by atoms with van der Waals surface area (Å²) in [6.07, 6.45) is 6.28. The third-order valence-electron chi connectivity index (χ3n) is 6.78. The number of hydrogen-bond acceptors (Lipinski definition) is 4. The number of H-pyrrole nitrogens is 1. The fourth-order valence-corrected chi connectivity index (χ4v) is 5.06. The second-order valence-electron chi connectivity index (χ2n) is 8.98. The molecule has 2 aromatic heterocycles. The van der Waals surface area contributed by atoms with Crippen LogP contribution >= 0.6 is 0 Å². The van der Waals surface area contributed by atoms with Crippen molar-refractivity contribution in [1.82, 2.24) is 20.1 Å². The van der Waals surface area contributed by atoms with E-state index in [9.17, 15) is 4.79 Å². The number of aromatic amines is 1. The Kier molecular flexibility index (Phi) is 5.68. The van der Waals surface area contributed by atoms with Crippen molar-refractivity contribution in [3.05, 3.63) is 64.7 Å². The zero-order chi connectivity index (χ0) is 22.1. The van der Waals surface area contributed by atoms with Gasteiger partial charge < -0.3 is 9.64 Å². The lowest BCUT2D eigenvalue weighted by molar-refractivity contribution is 0.0698. The molecule has 1 aliphatic carbocycles. The van der Waals surface area contributed by atoms with Crippen LogP contribution in [0.2, 0.25) is 0 Å². The van der Waals surface area contributed by atoms with E-state index in [1.165, 1.54) is 6.42 Å². The first-order valence-corrected chi connectivity index (χ1v) is 11.6. The zero-order valence-electron chi connectivity index (χ0n) is 18.9. The van der Waals surface area contributed by atoms with Crippen LogP contribution < -0.4 is 4.74 Å². The Morgan fingerprint density at radius 2 is 1.91 bits per heavy atom. The Hall–Kier alpha value is -3.15. The van der Waals surface area contributed by atoms with Crippen LogP contribution in [-0.2, 0) is 12.8 Å². The highest BCUT2D eigenvalue weighted by Gasteiger charge is 2.30. The number of pyridine rings is 1. The van der Waals surface area contributed by atoms with Crippen LogP contribution in [0.1, 0.15) is 64.7 Å². The Labute approximate surface area is 189 Å². The maximum absolute atomic E-state index is 13.3. The number of likely N-dealkylation sites (tertiary alicyclic amines) is 1. The first-order chi connectivity index (χ1) is 15.6. The SMILES string of the molecule is COc1ccc(-c2cc(C)nc([C@@H]3CCCN(C(=O)c4n[nH]c5c4CCCC5)C3)c2)cc1. The Bertz CT molecular complexity index is 1120. The summed E-state index contributed by atoms with van der Waals surface area (Å²) in [6, 6.07) is 12.4. The number of hydrogen-bond donors (Lipinski definition) is 1. The number of nitrogens with one attached hydrogen (secondary N) is 1. The smallest absolute Gasteiger partial charge is 0.274 e. The topological polar surface area (TPSA) is 71.1 Å². The summed E-state index contributed by atoms with van der Waals surface area (Å²) in [7, 11) is 1.68. The molecule has 0 spiro atoms. The molecule has 0 bridgehead atoms. The van der Waals surface area contributed by atoms with Crippen molar-refractivity contribution < 1.29 is 9.53 Å². The Morgan fingerprint density at radius 1 is 1.09 bits per heavy atom. The third kappa shape index (κ3) is 4.01. The molecule has 1 fully saturated rings. The summed E-state index contributed by atoms with van der Waals surface area (Å²) in [4.78, 5) is 20.2. The van der Waals surface area contributed by atoms with Crippen LogP contribution in [0.3, 0.4) is 0 Å². The van der Waals surface area contributed by atoms with Gasteiger partial charge in [0.05, 0.1) is 7.11 Å². The van der Waals surface area contributed by atoms with Gasteiger partial charge in [-0.3, -0.25) is 14.9 Å². The summed E-state index contributed by atoms with van der Waals surface area (Å²) >= 11 is 0. The third-order valence-corrected chi connectivity index (χ3v) is 6.78. The number of carbonyl (C=O) groups is 1. The van der Waals surface area contributed by atoms with Gasteiger partial charge in [0.1, 0.15) is 5.75 Å². The van der Waals surface area contributed by atoms with Gasteiger partial charge >= 0.3 is 0 Å². The van der Waals surface area contributed by atoms with Crippen LogP contribution in [0, 0.1) is 6.92 Å². The second kappa shape index (κ2) is 8.77. The van der Waals surface area contributed by atoms with Crippen LogP contribution in [0.15, 0.2) is 36.4 Å². The molecule has 1 N–H and O–H groups in total. The lowest BCUT2D eigenvalue weighted by Gasteiger charge is -2.32. The number of aromatic nitrogens is 3. The van der Waals surface area contributed by atoms with E-state index >= 15 is 0 Å². The molecule has 1 saturated heterocycles. The highest BCUT2D eigenvalue weighted by atomic mass is 16.5. The second-order valence-corrected chi connectivity index (χ2v) is 8.98. The summed E-state index contributed by atoms with van der Waals surface area (Å²) in [5.41, 5.74) is 7.29. The number of amides is 1. The van der Waals surface area contributed by atoms with Crippen molar-refractivity contribution in [3.63, 3.8) is 0 Å². The zero-order valence-corrected chi connectivity index (χ0v) is 18.9. The summed E-state index contributed by atoms with van der Waals surface area (Å²) in [6.45, 7) is 3.52. The standard InChI is InChI=1S/C26H30N4O2/c1-17-14-20(18-9-11-21(32-2)12-10-18)15-24(27-17)19-6-5-13-30(16-19)26(31)25-22-7-3-4-8-23(22)28-29-25/h9-12,14-15,19H,3-8,13,16H2,1-2H3,(H,28,29)/t19-/m1/s1. The van der Waals surface area contributed by atoms with E-state index in [0.717, 1.165) is 78.2 Å². The molecule has 2 aliphatic rings. The molecule has 1 atom stereocenters. The highest BCUT2D eigenvalue weighted by molar-refractivity contribution is 5.94. The first kappa shape index (κ1) is 20.7. The molecule has 6 heteroatoms. The van der Waals surface area contributed by atoms with Gasteiger partial charge in [-0.1, -0.05) is 12.1 Å². The number of benzene rings is 1. The average Bonchev–Trinajstić information content (AvgIpc) is 3.27. The minimum atomic E-state index is 0.0668. The predicted molar refractivity (Wildman–Crippen MR) is 124 cm³/mol. The number of nitrogens with zero attached hydrogens (tertiary/aromatic N) is 3. The lowest BCUT2D eigenvalue weighted by atomic mass is 9.91. The van der Waals surface area contributed by atoms with Crippen molar-refractivity contribution in [2.75, 3.05) is 20.2 Å². The molecule has 3 heterocycles. The van der Waals surface area contributed by atoms with Crippen LogP contribution in [0.4, 0.5) is 0 Å². The Balaban J connectivity index is 1.37. The minimum Gasteiger partial charge on any atom is -0.497 e. The highest BCUT2D eigenvalue weighted by Crippen LogP contribution is 2.31. The van der Waals surface area contributed by atoms with Crippen molar-refractivity contribution in [3.8, 4) is 16.9 Å². The quantitative estimate of drug-likeness (QED) is 0.652. The molecule has 0 unspecified atom stereocenters. The van der Waals surface area contributed by atoms with Gasteiger partial charge in [0.2, 0.25) is 0 Å². The first-order valence-electron chi connectivity index (χ1n) is 11.6. The summed E-state index contributed by atoms with van der Waals surface area (Å²) in [5, 5.41) is 7.52. The van der Waals surface area contributed by atoms with E-state index in [-0.39, 0.29) is 11.8 Å². The molecule has 1 aromatic carbocycles. The fraction of sp³-hybridized carbons (Fsp3) is 0.423. The number of carbonyl (C=O) groups excluding carboxylic acids is 1. The number of rotatable bonds is 4. The van der Waals surface area contributed by atoms with Gasteiger partial charge in [-0.15, -0.1) is 0 Å². The molecule has 1 aliphatic heterocycles. The number of fused-ring (bicyclic) bond motifs is 1. The van der Waals surface area contributed by atoms with E-state index in [4.69, 9.17) is 9.72 Å². The van der Waals surface area contributed by atoms with E-state index in [1.54, 1.807) is 7.11 Å². The van der Waals surface area contributed by atoms with Gasteiger partial charge in [-0.25, -0.2) is 0 Å². The summed E-state index contributed by atoms with van der Waals surface area (Å²) in [5.74, 6) is 1.15. The van der Waals surface area contributed by atoms with E-state index < -0.39 is 0 Å². The Morgan fingerprint density at radius 3 is 2.72 bits per heavy atom. The van der Waals surface area contributed by atoms with E-state index in [1.807, 2.05) is 24.0 Å². The van der Waals surface area contributed by atoms with E-state index in [0.29, 0.717) is 12.2 Å². The van der Waals surface area contributed by atoms with Crippen molar-refractivity contribution in [1.29, 1.82) is 0 Å². The number of aryl methyl sites for hydroxylation is 2. The normalized spacial score (nSPS) is 18.3. The van der Waals surface area contributed by atoms with Crippen molar-refractivity contribution in [2.45, 2.75) is 51.4 Å². The summed E-state index contributed by atoms with van der Waals surface area (Å²) < 4.78 is 5.29. The number of piperidine rings is 1. The predicted octanol–water partition coefficient (Wildman–Crippen LogP) is 4.69. The number of methoxy groups -OCH3 is 1. The van der Waals surface area contributed by atoms with Crippen molar-refractivity contribution in [2.24, 2.45) is 0 Å². The maximum Gasteiger partial charge on any atom is 0.274 e. The minimum absolute atomic E-state index is 0.0668. The molecule has 0 saturated carbocycles. The lowest BCUT2D eigenvalue weighted by Crippen LogP contribution is -2.40. The van der Waals surface area contributed by atoms with Crippen LogP contribution in [-0.4, -0.2) is 46.2 Å². The van der Waals surface area contributed by atoms with Crippen LogP contribution in [0.25, 0.3) is 11.1 Å². The molecule has 5 rings (SSSR count). The molecule has 1 amide bonds. The van der Waals surface area contributed by atoms with Gasteiger partial charge in [-0.05, 0) is 80.8 Å². The monoisotopic (exact) mass is 430 g/mol. The van der Waals surface area contributed by atoms with Gasteiger partial charge in [0.25, 0.3) is 5.91 Å². The molecule has 32 heavy (non-hydrogen) atoms. The molecular weight excluding hydrogens is 400 g/mol. The average molecular weight is 431 g/mol. The molecular formula is C26H30N4O2. The van der Waals surface area contributed by atoms with Gasteiger partial charge in [0, 0.05) is 41.7 Å². The fourth-order valence-electron chi connectivity index (χ4n) is 5.06.